The standard InChI is InChI=1S/C21H20ClNO4/c1-25-19-9-3-14(11-20(19)26-2)12-21(24)23-13-17-8-10-18(27-17)15-4-6-16(22)7-5-15/h3-11H,12-13H2,1-2H3,(H,23,24). The molecule has 27 heavy (non-hydrogen) atoms. The number of halogens is 1. The molecule has 1 N–H and O–H groups in total. The number of hydrogen-bond acceptors (Lipinski definition) is 4. The molecule has 0 spiro atoms. The molecule has 1 aromatic heterocycles. The average molecular weight is 386 g/mol. The van der Waals surface area contributed by atoms with Crippen LogP contribution < -0.4 is 14.8 Å². The lowest BCUT2D eigenvalue weighted by Gasteiger charge is -2.09. The highest BCUT2D eigenvalue weighted by Crippen LogP contribution is 2.28. The van der Waals surface area contributed by atoms with Crippen LogP contribution in [-0.2, 0) is 17.8 Å². The van der Waals surface area contributed by atoms with Crippen molar-refractivity contribution in [2.45, 2.75) is 13.0 Å². The van der Waals surface area contributed by atoms with Crippen LogP contribution in [-0.4, -0.2) is 20.1 Å². The Morgan fingerprint density at radius 1 is 1.00 bits per heavy atom. The van der Waals surface area contributed by atoms with E-state index in [9.17, 15) is 4.79 Å². The van der Waals surface area contributed by atoms with E-state index in [4.69, 9.17) is 25.5 Å². The number of methoxy groups -OCH3 is 2. The summed E-state index contributed by atoms with van der Waals surface area (Å²) >= 11 is 5.90. The normalized spacial score (nSPS) is 10.5. The molecule has 5 nitrogen and oxygen atoms in total. The molecule has 0 fully saturated rings. The topological polar surface area (TPSA) is 60.7 Å². The third-order valence-electron chi connectivity index (χ3n) is 4.06. The molecule has 0 radical (unpaired) electrons. The summed E-state index contributed by atoms with van der Waals surface area (Å²) in [4.78, 5) is 12.2. The van der Waals surface area contributed by atoms with E-state index >= 15 is 0 Å². The molecular weight excluding hydrogens is 366 g/mol. The van der Waals surface area contributed by atoms with Gasteiger partial charge in [-0.2, -0.15) is 0 Å². The number of benzene rings is 2. The zero-order chi connectivity index (χ0) is 19.2. The molecule has 140 valence electrons. The molecule has 0 saturated heterocycles. The second kappa shape index (κ2) is 8.64. The van der Waals surface area contributed by atoms with Gasteiger partial charge >= 0.3 is 0 Å². The van der Waals surface area contributed by atoms with Gasteiger partial charge in [0, 0.05) is 10.6 Å². The molecular formula is C21H20ClNO4. The minimum Gasteiger partial charge on any atom is -0.493 e. The van der Waals surface area contributed by atoms with Crippen molar-refractivity contribution >= 4 is 17.5 Å². The maximum Gasteiger partial charge on any atom is 0.224 e. The van der Waals surface area contributed by atoms with Crippen LogP contribution in [0.1, 0.15) is 11.3 Å². The van der Waals surface area contributed by atoms with Gasteiger partial charge < -0.3 is 19.2 Å². The molecule has 3 rings (SSSR count). The van der Waals surface area contributed by atoms with Crippen molar-refractivity contribution in [3.05, 3.63) is 70.9 Å². The Hall–Kier alpha value is -2.92. The number of furan rings is 1. The van der Waals surface area contributed by atoms with Crippen molar-refractivity contribution in [3.8, 4) is 22.8 Å². The highest BCUT2D eigenvalue weighted by Gasteiger charge is 2.10. The molecule has 0 atom stereocenters. The molecule has 6 heteroatoms. The van der Waals surface area contributed by atoms with Crippen LogP contribution in [0.2, 0.25) is 5.02 Å². The van der Waals surface area contributed by atoms with E-state index in [1.54, 1.807) is 26.4 Å². The molecule has 1 amide bonds. The van der Waals surface area contributed by atoms with E-state index in [1.165, 1.54) is 0 Å². The Morgan fingerprint density at radius 2 is 1.74 bits per heavy atom. The number of hydrogen-bond donors (Lipinski definition) is 1. The second-order valence-electron chi connectivity index (χ2n) is 5.92. The third kappa shape index (κ3) is 4.83. The van der Waals surface area contributed by atoms with Crippen molar-refractivity contribution in [1.29, 1.82) is 0 Å². The predicted octanol–water partition coefficient (Wildman–Crippen LogP) is 4.48. The lowest BCUT2D eigenvalue weighted by Crippen LogP contribution is -2.24. The van der Waals surface area contributed by atoms with Gasteiger partial charge in [-0.05, 0) is 54.1 Å². The fraction of sp³-hybridized carbons (Fsp3) is 0.190. The number of rotatable bonds is 7. The summed E-state index contributed by atoms with van der Waals surface area (Å²) in [5.41, 5.74) is 1.77. The minimum absolute atomic E-state index is 0.105. The number of nitrogens with one attached hydrogen (secondary N) is 1. The Labute approximate surface area is 162 Å². The van der Waals surface area contributed by atoms with Gasteiger partial charge in [-0.15, -0.1) is 0 Å². The van der Waals surface area contributed by atoms with E-state index < -0.39 is 0 Å². The van der Waals surface area contributed by atoms with Gasteiger partial charge in [0.2, 0.25) is 5.91 Å². The van der Waals surface area contributed by atoms with Gasteiger partial charge in [0.05, 0.1) is 27.2 Å². The molecule has 2 aromatic carbocycles. The second-order valence-corrected chi connectivity index (χ2v) is 6.35. The van der Waals surface area contributed by atoms with Crippen molar-refractivity contribution in [2.75, 3.05) is 14.2 Å². The Bertz CT molecular complexity index is 918. The van der Waals surface area contributed by atoms with Crippen molar-refractivity contribution in [1.82, 2.24) is 5.32 Å². The lowest BCUT2D eigenvalue weighted by molar-refractivity contribution is -0.120. The maximum absolute atomic E-state index is 12.2. The van der Waals surface area contributed by atoms with Crippen LogP contribution in [0.4, 0.5) is 0 Å². The molecule has 0 aliphatic heterocycles. The first-order valence-corrected chi connectivity index (χ1v) is 8.79. The quantitative estimate of drug-likeness (QED) is 0.651. The highest BCUT2D eigenvalue weighted by atomic mass is 35.5. The summed E-state index contributed by atoms with van der Waals surface area (Å²) in [6, 6.07) is 16.5. The van der Waals surface area contributed by atoms with Gasteiger partial charge in [-0.25, -0.2) is 0 Å². The number of ether oxygens (including phenoxy) is 2. The molecule has 0 unspecified atom stereocenters. The monoisotopic (exact) mass is 385 g/mol. The Kier molecular flexibility index (Phi) is 6.04. The molecule has 0 bridgehead atoms. The number of carbonyl (C=O) groups excluding carboxylic acids is 1. The Balaban J connectivity index is 1.57. The van der Waals surface area contributed by atoms with Crippen LogP contribution in [0.25, 0.3) is 11.3 Å². The third-order valence-corrected chi connectivity index (χ3v) is 4.31. The fourth-order valence-electron chi connectivity index (χ4n) is 2.67. The molecule has 3 aromatic rings. The first-order chi connectivity index (χ1) is 13.1. The van der Waals surface area contributed by atoms with Crippen LogP contribution in [0.3, 0.4) is 0 Å². The number of amides is 1. The van der Waals surface area contributed by atoms with E-state index in [1.807, 2.05) is 42.5 Å². The van der Waals surface area contributed by atoms with Crippen LogP contribution >= 0.6 is 11.6 Å². The summed E-state index contributed by atoms with van der Waals surface area (Å²) in [6.45, 7) is 0.319. The largest absolute Gasteiger partial charge is 0.493 e. The zero-order valence-corrected chi connectivity index (χ0v) is 15.9. The van der Waals surface area contributed by atoms with Crippen molar-refractivity contribution in [3.63, 3.8) is 0 Å². The number of carbonyl (C=O) groups is 1. The summed E-state index contributed by atoms with van der Waals surface area (Å²) in [7, 11) is 3.14. The van der Waals surface area contributed by atoms with E-state index in [0.717, 1.165) is 16.9 Å². The molecule has 0 aliphatic carbocycles. The van der Waals surface area contributed by atoms with Gasteiger partial charge in [0.1, 0.15) is 11.5 Å². The first-order valence-electron chi connectivity index (χ1n) is 8.41. The van der Waals surface area contributed by atoms with Gasteiger partial charge in [0.15, 0.2) is 11.5 Å². The summed E-state index contributed by atoms with van der Waals surface area (Å²) in [5, 5.41) is 3.54. The smallest absolute Gasteiger partial charge is 0.224 e. The van der Waals surface area contributed by atoms with E-state index in [2.05, 4.69) is 5.32 Å². The van der Waals surface area contributed by atoms with Gasteiger partial charge in [-0.1, -0.05) is 17.7 Å². The average Bonchev–Trinajstić information content (AvgIpc) is 3.16. The van der Waals surface area contributed by atoms with Crippen LogP contribution in [0.5, 0.6) is 11.5 Å². The summed E-state index contributed by atoms with van der Waals surface area (Å²) in [6.07, 6.45) is 0.241. The molecule has 0 saturated carbocycles. The Morgan fingerprint density at radius 3 is 2.44 bits per heavy atom. The van der Waals surface area contributed by atoms with Gasteiger partial charge in [-0.3, -0.25) is 4.79 Å². The predicted molar refractivity (Wildman–Crippen MR) is 104 cm³/mol. The SMILES string of the molecule is COc1ccc(CC(=O)NCc2ccc(-c3ccc(Cl)cc3)o2)cc1OC. The molecule has 0 aliphatic rings. The lowest BCUT2D eigenvalue weighted by atomic mass is 10.1. The highest BCUT2D eigenvalue weighted by molar-refractivity contribution is 6.30. The van der Waals surface area contributed by atoms with Crippen LogP contribution in [0.15, 0.2) is 59.0 Å². The van der Waals surface area contributed by atoms with Crippen molar-refractivity contribution < 1.29 is 18.7 Å². The van der Waals surface area contributed by atoms with Gasteiger partial charge in [0.25, 0.3) is 0 Å². The van der Waals surface area contributed by atoms with Crippen molar-refractivity contribution in [2.24, 2.45) is 0 Å². The van der Waals surface area contributed by atoms with E-state index in [0.29, 0.717) is 28.8 Å². The maximum atomic E-state index is 12.2. The fourth-order valence-corrected chi connectivity index (χ4v) is 2.79. The van der Waals surface area contributed by atoms with E-state index in [-0.39, 0.29) is 12.3 Å². The summed E-state index contributed by atoms with van der Waals surface area (Å²) in [5.74, 6) is 2.54. The molecule has 1 heterocycles. The zero-order valence-electron chi connectivity index (χ0n) is 15.1. The minimum atomic E-state index is -0.105. The summed E-state index contributed by atoms with van der Waals surface area (Å²) < 4.78 is 16.2. The van der Waals surface area contributed by atoms with Crippen LogP contribution in [0, 0.1) is 0 Å². The first kappa shape index (κ1) is 18.9.